The molecular formula is C23H16N3O4-. The molecule has 1 aromatic heterocycles. The maximum absolute atomic E-state index is 12.6. The van der Waals surface area contributed by atoms with Gasteiger partial charge in [0.25, 0.3) is 5.56 Å². The second kappa shape index (κ2) is 8.00. The molecule has 148 valence electrons. The van der Waals surface area contributed by atoms with Crippen molar-refractivity contribution in [3.05, 3.63) is 94.9 Å². The first kappa shape index (κ1) is 19.1. The first-order chi connectivity index (χ1) is 14.5. The minimum absolute atomic E-state index is 0.159. The molecule has 3 aromatic carbocycles. The Morgan fingerprint density at radius 2 is 1.43 bits per heavy atom. The quantitative estimate of drug-likeness (QED) is 0.554. The molecule has 1 amide bonds. The predicted octanol–water partition coefficient (Wildman–Crippen LogP) is 2.07. The second-order valence-corrected chi connectivity index (χ2v) is 6.64. The summed E-state index contributed by atoms with van der Waals surface area (Å²) in [6.45, 7) is -0.426. The van der Waals surface area contributed by atoms with Gasteiger partial charge < -0.3 is 15.2 Å². The fourth-order valence-electron chi connectivity index (χ4n) is 3.21. The summed E-state index contributed by atoms with van der Waals surface area (Å²) in [6.07, 6.45) is 0. The average molecular weight is 398 g/mol. The molecule has 0 saturated heterocycles. The number of carbonyl (C=O) groups excluding carboxylic acids is 2. The van der Waals surface area contributed by atoms with E-state index in [-0.39, 0.29) is 16.5 Å². The predicted molar refractivity (Wildman–Crippen MR) is 111 cm³/mol. The van der Waals surface area contributed by atoms with Crippen molar-refractivity contribution in [1.82, 2.24) is 9.78 Å². The van der Waals surface area contributed by atoms with Gasteiger partial charge in [-0.15, -0.1) is 0 Å². The number of aromatic carboxylic acids is 1. The van der Waals surface area contributed by atoms with Gasteiger partial charge in [0.05, 0.1) is 11.4 Å². The van der Waals surface area contributed by atoms with Gasteiger partial charge in [-0.3, -0.25) is 9.59 Å². The normalized spacial score (nSPS) is 10.7. The van der Waals surface area contributed by atoms with Crippen LogP contribution in [0.5, 0.6) is 0 Å². The molecular weight excluding hydrogens is 382 g/mol. The maximum Gasteiger partial charge on any atom is 0.275 e. The fourth-order valence-corrected chi connectivity index (χ4v) is 3.21. The van der Waals surface area contributed by atoms with Crippen LogP contribution in [0.1, 0.15) is 10.5 Å². The molecule has 7 nitrogen and oxygen atoms in total. The molecule has 0 fully saturated rings. The minimum atomic E-state index is -1.52. The number of hydrogen-bond donors (Lipinski definition) is 1. The number of anilines is 1. The Balaban J connectivity index is 1.56. The van der Waals surface area contributed by atoms with Crippen LogP contribution in [0.3, 0.4) is 0 Å². The standard InChI is InChI=1S/C23H17N3O4/c27-20(24-17-12-10-16(11-13-17)15-6-2-1-3-7-15)14-26-22(28)19-9-5-4-8-18(19)21(25-26)23(29)30/h1-13H,14H2,(H,24,27)(H,29,30)/p-1. The number of carbonyl (C=O) groups is 2. The Labute approximate surface area is 171 Å². The molecule has 4 rings (SSSR count). The molecule has 7 heteroatoms. The summed E-state index contributed by atoms with van der Waals surface area (Å²) in [5.74, 6) is -2.02. The van der Waals surface area contributed by atoms with Crippen LogP contribution in [0.2, 0.25) is 0 Å². The minimum Gasteiger partial charge on any atom is -0.543 e. The highest BCUT2D eigenvalue weighted by Gasteiger charge is 2.13. The van der Waals surface area contributed by atoms with Crippen LogP contribution < -0.4 is 16.0 Å². The lowest BCUT2D eigenvalue weighted by Gasteiger charge is -2.12. The van der Waals surface area contributed by atoms with E-state index in [1.54, 1.807) is 24.3 Å². The molecule has 4 aromatic rings. The van der Waals surface area contributed by atoms with Gasteiger partial charge in [0, 0.05) is 11.1 Å². The van der Waals surface area contributed by atoms with Crippen molar-refractivity contribution in [3.63, 3.8) is 0 Å². The Morgan fingerprint density at radius 1 is 0.833 bits per heavy atom. The first-order valence-electron chi connectivity index (χ1n) is 9.19. The lowest BCUT2D eigenvalue weighted by molar-refractivity contribution is -0.255. The lowest BCUT2D eigenvalue weighted by atomic mass is 10.1. The zero-order valence-electron chi connectivity index (χ0n) is 15.7. The van der Waals surface area contributed by atoms with E-state index >= 15 is 0 Å². The van der Waals surface area contributed by atoms with Gasteiger partial charge in [0.15, 0.2) is 0 Å². The molecule has 0 bridgehead atoms. The Kier molecular flexibility index (Phi) is 5.09. The number of benzene rings is 3. The van der Waals surface area contributed by atoms with E-state index in [1.165, 1.54) is 12.1 Å². The van der Waals surface area contributed by atoms with Gasteiger partial charge in [-0.25, -0.2) is 4.68 Å². The number of rotatable bonds is 5. The van der Waals surface area contributed by atoms with E-state index < -0.39 is 24.0 Å². The molecule has 0 atom stereocenters. The maximum atomic E-state index is 12.6. The Hall–Kier alpha value is -4.26. The molecule has 0 aliphatic rings. The van der Waals surface area contributed by atoms with Crippen LogP contribution in [-0.4, -0.2) is 21.7 Å². The molecule has 0 spiro atoms. The highest BCUT2D eigenvalue weighted by Crippen LogP contribution is 2.21. The Bertz CT molecular complexity index is 1300. The number of nitrogens with zero attached hydrogens (tertiary/aromatic N) is 2. The molecule has 0 saturated carbocycles. The number of nitrogens with one attached hydrogen (secondary N) is 1. The number of fused-ring (bicyclic) bond motifs is 1. The second-order valence-electron chi connectivity index (χ2n) is 6.64. The third-order valence-electron chi connectivity index (χ3n) is 4.63. The van der Waals surface area contributed by atoms with Gasteiger partial charge in [0.2, 0.25) is 5.91 Å². The van der Waals surface area contributed by atoms with E-state index in [0.29, 0.717) is 5.69 Å². The van der Waals surface area contributed by atoms with E-state index in [0.717, 1.165) is 15.8 Å². The fraction of sp³-hybridized carbons (Fsp3) is 0.0435. The summed E-state index contributed by atoms with van der Waals surface area (Å²) in [5, 5.41) is 18.3. The number of aromatic nitrogens is 2. The summed E-state index contributed by atoms with van der Waals surface area (Å²) in [6, 6.07) is 23.2. The third kappa shape index (κ3) is 3.81. The highest BCUT2D eigenvalue weighted by molar-refractivity contribution is 6.00. The molecule has 0 unspecified atom stereocenters. The van der Waals surface area contributed by atoms with Crippen molar-refractivity contribution in [2.75, 3.05) is 5.32 Å². The van der Waals surface area contributed by atoms with Crippen LogP contribution in [0.15, 0.2) is 83.7 Å². The smallest absolute Gasteiger partial charge is 0.275 e. The number of carboxylic acids is 1. The SMILES string of the molecule is O=C(Cn1nc(C(=O)[O-])c2ccccc2c1=O)Nc1ccc(-c2ccccc2)cc1. The summed E-state index contributed by atoms with van der Waals surface area (Å²) in [7, 11) is 0. The van der Waals surface area contributed by atoms with Gasteiger partial charge in [-0.2, -0.15) is 5.10 Å². The average Bonchev–Trinajstić information content (AvgIpc) is 2.76. The summed E-state index contributed by atoms with van der Waals surface area (Å²) >= 11 is 0. The van der Waals surface area contributed by atoms with Gasteiger partial charge in [-0.05, 0) is 29.3 Å². The van der Waals surface area contributed by atoms with Crippen LogP contribution in [0, 0.1) is 0 Å². The van der Waals surface area contributed by atoms with Crippen LogP contribution in [-0.2, 0) is 11.3 Å². The van der Waals surface area contributed by atoms with Crippen LogP contribution >= 0.6 is 0 Å². The van der Waals surface area contributed by atoms with E-state index in [9.17, 15) is 19.5 Å². The number of carboxylic acid groups (broad SMARTS) is 1. The summed E-state index contributed by atoms with van der Waals surface area (Å²) in [4.78, 5) is 36.4. The van der Waals surface area contributed by atoms with Crippen molar-refractivity contribution >= 4 is 28.3 Å². The number of amides is 1. The zero-order valence-corrected chi connectivity index (χ0v) is 15.7. The van der Waals surface area contributed by atoms with Crippen molar-refractivity contribution in [2.45, 2.75) is 6.54 Å². The van der Waals surface area contributed by atoms with Crippen molar-refractivity contribution in [1.29, 1.82) is 0 Å². The Morgan fingerprint density at radius 3 is 2.10 bits per heavy atom. The van der Waals surface area contributed by atoms with Crippen LogP contribution in [0.4, 0.5) is 5.69 Å². The summed E-state index contributed by atoms with van der Waals surface area (Å²) < 4.78 is 0.834. The third-order valence-corrected chi connectivity index (χ3v) is 4.63. The molecule has 0 radical (unpaired) electrons. The van der Waals surface area contributed by atoms with Crippen molar-refractivity contribution in [2.24, 2.45) is 0 Å². The zero-order chi connectivity index (χ0) is 21.1. The van der Waals surface area contributed by atoms with Gasteiger partial charge in [0.1, 0.15) is 12.2 Å². The van der Waals surface area contributed by atoms with Crippen molar-refractivity contribution < 1.29 is 14.7 Å². The largest absolute Gasteiger partial charge is 0.543 e. The van der Waals surface area contributed by atoms with Crippen molar-refractivity contribution in [3.8, 4) is 11.1 Å². The van der Waals surface area contributed by atoms with E-state index in [4.69, 9.17) is 0 Å². The monoisotopic (exact) mass is 398 g/mol. The van der Waals surface area contributed by atoms with E-state index in [2.05, 4.69) is 10.4 Å². The number of hydrogen-bond acceptors (Lipinski definition) is 5. The summed E-state index contributed by atoms with van der Waals surface area (Å²) in [5.41, 5.74) is 1.67. The molecule has 30 heavy (non-hydrogen) atoms. The molecule has 0 aliphatic carbocycles. The first-order valence-corrected chi connectivity index (χ1v) is 9.19. The highest BCUT2D eigenvalue weighted by atomic mass is 16.4. The molecule has 1 N–H and O–H groups in total. The van der Waals surface area contributed by atoms with E-state index in [1.807, 2.05) is 42.5 Å². The van der Waals surface area contributed by atoms with Gasteiger partial charge in [-0.1, -0.05) is 60.7 Å². The topological polar surface area (TPSA) is 104 Å². The van der Waals surface area contributed by atoms with Crippen LogP contribution in [0.25, 0.3) is 21.9 Å². The lowest BCUT2D eigenvalue weighted by Crippen LogP contribution is -2.34. The molecule has 1 heterocycles. The molecule has 0 aliphatic heterocycles. The van der Waals surface area contributed by atoms with Gasteiger partial charge >= 0.3 is 0 Å².